The standard InChI is InChI=1S/C20H15NO3/c1-2-23-20(22)16-12-17(18-8-5-11-24-18)21-19-14-7-4-3-6-13(14)9-10-15(16)19/h3-12H,2H2,1H3. The highest BCUT2D eigenvalue weighted by Gasteiger charge is 2.17. The van der Waals surface area contributed by atoms with Crippen LogP contribution in [0.2, 0.25) is 0 Å². The van der Waals surface area contributed by atoms with Crippen molar-refractivity contribution in [1.82, 2.24) is 4.98 Å². The molecule has 24 heavy (non-hydrogen) atoms. The van der Waals surface area contributed by atoms with Crippen LogP contribution in [0.15, 0.2) is 65.3 Å². The molecular weight excluding hydrogens is 302 g/mol. The van der Waals surface area contributed by atoms with Crippen molar-refractivity contribution in [3.63, 3.8) is 0 Å². The number of carbonyl (C=O) groups excluding carboxylic acids is 1. The average Bonchev–Trinajstić information content (AvgIpc) is 3.15. The van der Waals surface area contributed by atoms with Gasteiger partial charge >= 0.3 is 5.97 Å². The van der Waals surface area contributed by atoms with Crippen molar-refractivity contribution in [2.75, 3.05) is 6.61 Å². The second-order valence-electron chi connectivity index (χ2n) is 5.44. The van der Waals surface area contributed by atoms with Crippen molar-refractivity contribution in [3.8, 4) is 11.5 Å². The van der Waals surface area contributed by atoms with E-state index in [1.165, 1.54) is 0 Å². The third kappa shape index (κ3) is 2.33. The summed E-state index contributed by atoms with van der Waals surface area (Å²) in [6.45, 7) is 2.12. The molecule has 118 valence electrons. The number of benzene rings is 2. The van der Waals surface area contributed by atoms with Crippen LogP contribution < -0.4 is 0 Å². The molecule has 0 amide bonds. The Morgan fingerprint density at radius 1 is 1.08 bits per heavy atom. The van der Waals surface area contributed by atoms with E-state index in [0.29, 0.717) is 23.6 Å². The Bertz CT molecular complexity index is 1040. The largest absolute Gasteiger partial charge is 0.463 e. The second kappa shape index (κ2) is 5.81. The normalized spacial score (nSPS) is 11.0. The maximum atomic E-state index is 12.4. The Labute approximate surface area is 138 Å². The highest BCUT2D eigenvalue weighted by molar-refractivity contribution is 6.13. The molecular formula is C20H15NO3. The lowest BCUT2D eigenvalue weighted by Gasteiger charge is -2.10. The van der Waals surface area contributed by atoms with Crippen molar-refractivity contribution in [3.05, 3.63) is 66.4 Å². The molecule has 0 atom stereocenters. The summed E-state index contributed by atoms with van der Waals surface area (Å²) in [5.74, 6) is 0.267. The fraction of sp³-hybridized carbons (Fsp3) is 0.100. The van der Waals surface area contributed by atoms with E-state index < -0.39 is 0 Å². The van der Waals surface area contributed by atoms with Crippen LogP contribution in [0.4, 0.5) is 0 Å². The van der Waals surface area contributed by atoms with Gasteiger partial charge in [0.2, 0.25) is 0 Å². The summed E-state index contributed by atoms with van der Waals surface area (Å²) >= 11 is 0. The zero-order chi connectivity index (χ0) is 16.5. The zero-order valence-electron chi connectivity index (χ0n) is 13.2. The molecule has 0 saturated heterocycles. The Morgan fingerprint density at radius 2 is 1.96 bits per heavy atom. The first kappa shape index (κ1) is 14.5. The average molecular weight is 317 g/mol. The molecule has 0 aliphatic carbocycles. The first-order valence-corrected chi connectivity index (χ1v) is 7.81. The number of furan rings is 1. The molecule has 2 aromatic carbocycles. The summed E-state index contributed by atoms with van der Waals surface area (Å²) in [7, 11) is 0. The second-order valence-corrected chi connectivity index (χ2v) is 5.44. The molecule has 2 heterocycles. The van der Waals surface area contributed by atoms with Gasteiger partial charge in [-0.3, -0.25) is 0 Å². The first-order valence-electron chi connectivity index (χ1n) is 7.81. The number of aromatic nitrogens is 1. The number of rotatable bonds is 3. The Kier molecular flexibility index (Phi) is 3.50. The number of esters is 1. The van der Waals surface area contributed by atoms with Gasteiger partial charge in [0.15, 0.2) is 5.76 Å². The molecule has 0 saturated carbocycles. The van der Waals surface area contributed by atoms with Crippen molar-refractivity contribution < 1.29 is 13.9 Å². The number of carbonyl (C=O) groups is 1. The van der Waals surface area contributed by atoms with Crippen molar-refractivity contribution in [1.29, 1.82) is 0 Å². The maximum absolute atomic E-state index is 12.4. The van der Waals surface area contributed by atoms with Gasteiger partial charge in [0, 0.05) is 10.8 Å². The zero-order valence-corrected chi connectivity index (χ0v) is 13.2. The molecule has 0 spiro atoms. The van der Waals surface area contributed by atoms with E-state index in [9.17, 15) is 4.79 Å². The summed E-state index contributed by atoms with van der Waals surface area (Å²) in [5.41, 5.74) is 1.89. The van der Waals surface area contributed by atoms with Gasteiger partial charge in [0.25, 0.3) is 0 Å². The van der Waals surface area contributed by atoms with Crippen LogP contribution in [0.25, 0.3) is 33.1 Å². The minimum Gasteiger partial charge on any atom is -0.463 e. The minimum atomic E-state index is -0.354. The Morgan fingerprint density at radius 3 is 2.75 bits per heavy atom. The number of pyridine rings is 1. The van der Waals surface area contributed by atoms with Crippen molar-refractivity contribution in [2.45, 2.75) is 6.92 Å². The molecule has 4 aromatic rings. The Hall–Kier alpha value is -3.14. The van der Waals surface area contributed by atoms with Gasteiger partial charge in [0.05, 0.1) is 24.0 Å². The third-order valence-corrected chi connectivity index (χ3v) is 3.97. The summed E-state index contributed by atoms with van der Waals surface area (Å²) in [5, 5.41) is 2.85. The van der Waals surface area contributed by atoms with Gasteiger partial charge in [-0.1, -0.05) is 36.4 Å². The Balaban J connectivity index is 2.08. The monoisotopic (exact) mass is 317 g/mol. The SMILES string of the molecule is CCOC(=O)c1cc(-c2ccco2)nc2c1ccc1ccccc12. The number of ether oxygens (including phenoxy) is 1. The lowest BCUT2D eigenvalue weighted by molar-refractivity contribution is 0.0528. The van der Waals surface area contributed by atoms with Crippen LogP contribution in [-0.4, -0.2) is 17.6 Å². The van der Waals surface area contributed by atoms with E-state index in [2.05, 4.69) is 0 Å². The molecule has 4 rings (SSSR count). The van der Waals surface area contributed by atoms with E-state index in [0.717, 1.165) is 21.7 Å². The first-order chi connectivity index (χ1) is 11.8. The maximum Gasteiger partial charge on any atom is 0.338 e. The van der Waals surface area contributed by atoms with Gasteiger partial charge in [-0.2, -0.15) is 0 Å². The van der Waals surface area contributed by atoms with E-state index >= 15 is 0 Å². The van der Waals surface area contributed by atoms with Crippen LogP contribution >= 0.6 is 0 Å². The predicted octanol–water partition coefficient (Wildman–Crippen LogP) is 4.82. The highest BCUT2D eigenvalue weighted by Crippen LogP contribution is 2.30. The number of hydrogen-bond acceptors (Lipinski definition) is 4. The lowest BCUT2D eigenvalue weighted by atomic mass is 10.0. The van der Waals surface area contributed by atoms with E-state index in [1.54, 1.807) is 25.3 Å². The van der Waals surface area contributed by atoms with E-state index in [1.807, 2.05) is 42.5 Å². The van der Waals surface area contributed by atoms with Gasteiger partial charge < -0.3 is 9.15 Å². The highest BCUT2D eigenvalue weighted by atomic mass is 16.5. The number of hydrogen-bond donors (Lipinski definition) is 0. The van der Waals surface area contributed by atoms with Crippen molar-refractivity contribution >= 4 is 27.6 Å². The molecule has 0 bridgehead atoms. The van der Waals surface area contributed by atoms with Gasteiger partial charge in [-0.25, -0.2) is 9.78 Å². The quantitative estimate of drug-likeness (QED) is 0.401. The summed E-state index contributed by atoms with van der Waals surface area (Å²) < 4.78 is 10.7. The van der Waals surface area contributed by atoms with Gasteiger partial charge in [-0.05, 0) is 30.5 Å². The number of nitrogens with zero attached hydrogens (tertiary/aromatic N) is 1. The molecule has 4 heteroatoms. The third-order valence-electron chi connectivity index (χ3n) is 3.97. The lowest BCUT2D eigenvalue weighted by Crippen LogP contribution is -2.06. The summed E-state index contributed by atoms with van der Waals surface area (Å²) in [4.78, 5) is 17.2. The van der Waals surface area contributed by atoms with E-state index in [4.69, 9.17) is 14.1 Å². The van der Waals surface area contributed by atoms with Gasteiger partial charge in [-0.15, -0.1) is 0 Å². The molecule has 0 aliphatic rings. The van der Waals surface area contributed by atoms with Crippen LogP contribution in [0, 0.1) is 0 Å². The minimum absolute atomic E-state index is 0.326. The van der Waals surface area contributed by atoms with Crippen molar-refractivity contribution in [2.24, 2.45) is 0 Å². The van der Waals surface area contributed by atoms with Crippen LogP contribution in [0.3, 0.4) is 0 Å². The van der Waals surface area contributed by atoms with E-state index in [-0.39, 0.29) is 5.97 Å². The molecule has 0 unspecified atom stereocenters. The smallest absolute Gasteiger partial charge is 0.338 e. The number of fused-ring (bicyclic) bond motifs is 3. The molecule has 4 nitrogen and oxygen atoms in total. The topological polar surface area (TPSA) is 52.3 Å². The predicted molar refractivity (Wildman–Crippen MR) is 92.9 cm³/mol. The van der Waals surface area contributed by atoms with Crippen LogP contribution in [0.1, 0.15) is 17.3 Å². The molecule has 0 N–H and O–H groups in total. The molecule has 0 fully saturated rings. The van der Waals surface area contributed by atoms with Gasteiger partial charge in [0.1, 0.15) is 5.69 Å². The fourth-order valence-corrected chi connectivity index (χ4v) is 2.89. The fourth-order valence-electron chi connectivity index (χ4n) is 2.89. The van der Waals surface area contributed by atoms with Crippen LogP contribution in [-0.2, 0) is 4.74 Å². The summed E-state index contributed by atoms with van der Waals surface area (Å²) in [6, 6.07) is 17.3. The molecule has 0 radical (unpaired) electrons. The molecule has 0 aliphatic heterocycles. The van der Waals surface area contributed by atoms with Crippen LogP contribution in [0.5, 0.6) is 0 Å². The molecule has 2 aromatic heterocycles. The summed E-state index contributed by atoms with van der Waals surface area (Å²) in [6.07, 6.45) is 1.59.